The minimum absolute atomic E-state index is 0.0473. The maximum atomic E-state index is 11.8. The van der Waals surface area contributed by atoms with E-state index in [2.05, 4.69) is 10.6 Å². The van der Waals surface area contributed by atoms with E-state index in [1.165, 1.54) is 38.5 Å². The molecule has 1 aliphatic rings. The van der Waals surface area contributed by atoms with Gasteiger partial charge in [-0.15, -0.1) is 0 Å². The van der Waals surface area contributed by atoms with Crippen LogP contribution in [0.25, 0.3) is 0 Å². The predicted molar refractivity (Wildman–Crippen MR) is 75.3 cm³/mol. The van der Waals surface area contributed by atoms with Crippen molar-refractivity contribution in [3.05, 3.63) is 23.7 Å². The number of hydrogen-bond acceptors (Lipinski definition) is 3. The van der Waals surface area contributed by atoms with E-state index in [9.17, 15) is 4.79 Å². The fourth-order valence-electron chi connectivity index (χ4n) is 2.65. The van der Waals surface area contributed by atoms with Gasteiger partial charge in [-0.1, -0.05) is 25.7 Å². The Morgan fingerprint density at radius 2 is 2.00 bits per heavy atom. The summed E-state index contributed by atoms with van der Waals surface area (Å²) in [5.41, 5.74) is 0.634. The van der Waals surface area contributed by atoms with Crippen LogP contribution < -0.4 is 10.6 Å². The molecule has 4 heteroatoms. The van der Waals surface area contributed by atoms with Gasteiger partial charge in [-0.25, -0.2) is 0 Å². The number of hydrogen-bond donors (Lipinski definition) is 2. The Labute approximate surface area is 114 Å². The van der Waals surface area contributed by atoms with Crippen LogP contribution in [0.1, 0.15) is 54.6 Å². The smallest absolute Gasteiger partial charge is 0.254 e. The van der Waals surface area contributed by atoms with Gasteiger partial charge in [-0.3, -0.25) is 4.79 Å². The molecule has 0 saturated heterocycles. The van der Waals surface area contributed by atoms with Crippen molar-refractivity contribution in [2.75, 3.05) is 13.1 Å². The summed E-state index contributed by atoms with van der Waals surface area (Å²) in [4.78, 5) is 11.8. The second kappa shape index (κ2) is 7.34. The minimum Gasteiger partial charge on any atom is -0.469 e. The van der Waals surface area contributed by atoms with E-state index in [4.69, 9.17) is 4.42 Å². The molecule has 0 aromatic carbocycles. The van der Waals surface area contributed by atoms with Crippen LogP contribution in [0.5, 0.6) is 0 Å². The van der Waals surface area contributed by atoms with E-state index in [0.29, 0.717) is 23.9 Å². The lowest BCUT2D eigenvalue weighted by atomic mass is 10.1. The number of carbonyl (C=O) groups is 1. The number of amides is 1. The van der Waals surface area contributed by atoms with Crippen LogP contribution in [0.15, 0.2) is 16.7 Å². The summed E-state index contributed by atoms with van der Waals surface area (Å²) in [5.74, 6) is 0.628. The topological polar surface area (TPSA) is 54.3 Å². The van der Waals surface area contributed by atoms with Crippen LogP contribution in [0.3, 0.4) is 0 Å². The first kappa shape index (κ1) is 14.1. The van der Waals surface area contributed by atoms with Gasteiger partial charge in [0.25, 0.3) is 5.91 Å². The summed E-state index contributed by atoms with van der Waals surface area (Å²) in [7, 11) is 0. The molecule has 1 aromatic heterocycles. The molecule has 1 saturated carbocycles. The van der Waals surface area contributed by atoms with Crippen molar-refractivity contribution in [2.24, 2.45) is 0 Å². The van der Waals surface area contributed by atoms with Gasteiger partial charge in [-0.05, 0) is 25.8 Å². The third kappa shape index (κ3) is 4.39. The van der Waals surface area contributed by atoms with Crippen molar-refractivity contribution in [3.63, 3.8) is 0 Å². The lowest BCUT2D eigenvalue weighted by Gasteiger charge is -2.16. The van der Waals surface area contributed by atoms with Gasteiger partial charge in [0.1, 0.15) is 5.76 Å². The largest absolute Gasteiger partial charge is 0.469 e. The van der Waals surface area contributed by atoms with Gasteiger partial charge in [0.15, 0.2) is 0 Å². The zero-order chi connectivity index (χ0) is 13.5. The van der Waals surface area contributed by atoms with Crippen LogP contribution >= 0.6 is 0 Å². The number of rotatable bonds is 5. The van der Waals surface area contributed by atoms with Gasteiger partial charge in [-0.2, -0.15) is 0 Å². The molecule has 19 heavy (non-hydrogen) atoms. The second-order valence-corrected chi connectivity index (χ2v) is 5.29. The van der Waals surface area contributed by atoms with Crippen molar-refractivity contribution >= 4 is 5.91 Å². The molecule has 0 radical (unpaired) electrons. The summed E-state index contributed by atoms with van der Waals surface area (Å²) in [6, 6.07) is 2.35. The molecule has 1 fully saturated rings. The standard InChI is InChI=1S/C15H24N2O2/c1-12-14(8-11-19-12)15(18)17-10-9-16-13-6-4-2-3-5-7-13/h8,11,13,16H,2-7,9-10H2,1H3,(H,17,18). The monoisotopic (exact) mass is 264 g/mol. The zero-order valence-electron chi connectivity index (χ0n) is 11.7. The van der Waals surface area contributed by atoms with Gasteiger partial charge in [0.2, 0.25) is 0 Å². The third-order valence-electron chi connectivity index (χ3n) is 3.80. The molecule has 0 bridgehead atoms. The van der Waals surface area contributed by atoms with Crippen LogP contribution in [0.4, 0.5) is 0 Å². The molecule has 0 atom stereocenters. The van der Waals surface area contributed by atoms with E-state index in [0.717, 1.165) is 6.54 Å². The zero-order valence-corrected chi connectivity index (χ0v) is 11.7. The summed E-state index contributed by atoms with van der Waals surface area (Å²) in [5, 5.41) is 6.46. The van der Waals surface area contributed by atoms with Crippen molar-refractivity contribution in [3.8, 4) is 0 Å². The average Bonchev–Trinajstić information content (AvgIpc) is 2.68. The Balaban J connectivity index is 1.64. The molecule has 0 aliphatic heterocycles. The lowest BCUT2D eigenvalue weighted by molar-refractivity contribution is 0.0952. The lowest BCUT2D eigenvalue weighted by Crippen LogP contribution is -2.36. The second-order valence-electron chi connectivity index (χ2n) is 5.29. The normalized spacial score (nSPS) is 17.1. The first-order valence-electron chi connectivity index (χ1n) is 7.33. The highest BCUT2D eigenvalue weighted by atomic mass is 16.3. The molecule has 2 rings (SSSR count). The third-order valence-corrected chi connectivity index (χ3v) is 3.80. The Morgan fingerprint density at radius 1 is 1.26 bits per heavy atom. The first-order valence-corrected chi connectivity index (χ1v) is 7.33. The molecular weight excluding hydrogens is 240 g/mol. The Hall–Kier alpha value is -1.29. The molecule has 1 aromatic rings. The maximum Gasteiger partial charge on any atom is 0.254 e. The molecule has 0 spiro atoms. The van der Waals surface area contributed by atoms with Gasteiger partial charge in [0, 0.05) is 19.1 Å². The molecule has 106 valence electrons. The molecule has 1 aliphatic carbocycles. The van der Waals surface area contributed by atoms with Gasteiger partial charge < -0.3 is 15.1 Å². The summed E-state index contributed by atoms with van der Waals surface area (Å²) < 4.78 is 5.12. The molecule has 1 amide bonds. The van der Waals surface area contributed by atoms with Gasteiger partial charge >= 0.3 is 0 Å². The maximum absolute atomic E-state index is 11.8. The minimum atomic E-state index is -0.0473. The van der Waals surface area contributed by atoms with Crippen molar-refractivity contribution in [1.29, 1.82) is 0 Å². The summed E-state index contributed by atoms with van der Waals surface area (Å²) >= 11 is 0. The highest BCUT2D eigenvalue weighted by Crippen LogP contribution is 2.16. The van der Waals surface area contributed by atoms with Crippen LogP contribution in [0, 0.1) is 6.92 Å². The fourth-order valence-corrected chi connectivity index (χ4v) is 2.65. The quantitative estimate of drug-likeness (QED) is 0.635. The Kier molecular flexibility index (Phi) is 5.45. The van der Waals surface area contributed by atoms with E-state index >= 15 is 0 Å². The summed E-state index contributed by atoms with van der Waals surface area (Å²) in [6.07, 6.45) is 9.50. The first-order chi connectivity index (χ1) is 9.27. The predicted octanol–water partition coefficient (Wildman–Crippen LogP) is 2.63. The van der Waals surface area contributed by atoms with E-state index in [1.807, 2.05) is 0 Å². The van der Waals surface area contributed by atoms with E-state index in [1.54, 1.807) is 19.3 Å². The van der Waals surface area contributed by atoms with Gasteiger partial charge in [0.05, 0.1) is 11.8 Å². The molecule has 0 unspecified atom stereocenters. The van der Waals surface area contributed by atoms with Crippen molar-refractivity contribution in [2.45, 2.75) is 51.5 Å². The number of carbonyl (C=O) groups excluding carboxylic acids is 1. The Bertz CT molecular complexity index is 393. The molecule has 1 heterocycles. The van der Waals surface area contributed by atoms with Crippen LogP contribution in [-0.4, -0.2) is 25.0 Å². The number of furan rings is 1. The van der Waals surface area contributed by atoms with E-state index < -0.39 is 0 Å². The number of nitrogens with one attached hydrogen (secondary N) is 2. The molecule has 4 nitrogen and oxygen atoms in total. The highest BCUT2D eigenvalue weighted by Gasteiger charge is 2.12. The van der Waals surface area contributed by atoms with Crippen LogP contribution in [-0.2, 0) is 0 Å². The SMILES string of the molecule is Cc1occc1C(=O)NCCNC1CCCCCC1. The fraction of sp³-hybridized carbons (Fsp3) is 0.667. The van der Waals surface area contributed by atoms with E-state index in [-0.39, 0.29) is 5.91 Å². The highest BCUT2D eigenvalue weighted by molar-refractivity contribution is 5.94. The van der Waals surface area contributed by atoms with Crippen molar-refractivity contribution in [1.82, 2.24) is 10.6 Å². The van der Waals surface area contributed by atoms with Crippen LogP contribution in [0.2, 0.25) is 0 Å². The Morgan fingerprint density at radius 3 is 2.63 bits per heavy atom. The number of aryl methyl sites for hydroxylation is 1. The summed E-state index contributed by atoms with van der Waals surface area (Å²) in [6.45, 7) is 3.31. The van der Waals surface area contributed by atoms with Crippen molar-refractivity contribution < 1.29 is 9.21 Å². The average molecular weight is 264 g/mol. The molecular formula is C15H24N2O2. The molecule has 2 N–H and O–H groups in total.